The van der Waals surface area contributed by atoms with Crippen LogP contribution >= 0.6 is 11.6 Å². The second-order valence-electron chi connectivity index (χ2n) is 8.00. The van der Waals surface area contributed by atoms with Crippen molar-refractivity contribution >= 4 is 33.2 Å². The maximum Gasteiger partial charge on any atom is 0.573 e. The van der Waals surface area contributed by atoms with Crippen molar-refractivity contribution in [3.63, 3.8) is 0 Å². The average Bonchev–Trinajstić information content (AvgIpc) is 2.81. The average molecular weight is 579 g/mol. The topological polar surface area (TPSA) is 105 Å². The van der Waals surface area contributed by atoms with Crippen LogP contribution in [0.4, 0.5) is 27.6 Å². The molecular formula is C23H16ClF5N2O6S. The maximum absolute atomic E-state index is 14.9. The molecule has 202 valence electrons. The molecule has 4 rings (SSSR count). The summed E-state index contributed by atoms with van der Waals surface area (Å²) in [5.41, 5.74) is -1.93. The standard InChI is InChI=1S/C23H16ClF5N2O6S/c1-31-4-5-36-19-3-2-12(37-23(27,28)29)8-14(19)13-9-18(17(26)10-16(13)25)30-38(34,35)20-7-11(22(31)33)6-15(24)21(20)32/h2-3,6-10,30,32H,4-5H2,1H3. The van der Waals surface area contributed by atoms with Crippen LogP contribution in [0.2, 0.25) is 5.02 Å². The number of amides is 1. The van der Waals surface area contributed by atoms with Gasteiger partial charge in [-0.25, -0.2) is 17.2 Å². The van der Waals surface area contributed by atoms with Crippen LogP contribution in [0.3, 0.4) is 0 Å². The van der Waals surface area contributed by atoms with E-state index in [0.29, 0.717) is 12.1 Å². The molecule has 3 aromatic carbocycles. The van der Waals surface area contributed by atoms with Crippen LogP contribution in [0, 0.1) is 11.6 Å². The largest absolute Gasteiger partial charge is 0.573 e. The summed E-state index contributed by atoms with van der Waals surface area (Å²) in [5, 5.41) is 9.79. The molecule has 0 spiro atoms. The highest BCUT2D eigenvalue weighted by atomic mass is 35.5. The highest BCUT2D eigenvalue weighted by Gasteiger charge is 2.32. The van der Waals surface area contributed by atoms with Crippen LogP contribution in [-0.4, -0.2) is 50.9 Å². The zero-order chi connectivity index (χ0) is 28.0. The van der Waals surface area contributed by atoms with Crippen molar-refractivity contribution in [2.75, 3.05) is 24.9 Å². The van der Waals surface area contributed by atoms with Crippen molar-refractivity contribution in [3.05, 3.63) is 64.7 Å². The van der Waals surface area contributed by atoms with Crippen molar-refractivity contribution in [1.82, 2.24) is 4.90 Å². The molecule has 0 radical (unpaired) electrons. The number of nitrogens with zero attached hydrogens (tertiary/aromatic N) is 1. The molecule has 0 saturated carbocycles. The Morgan fingerprint density at radius 1 is 1.08 bits per heavy atom. The summed E-state index contributed by atoms with van der Waals surface area (Å²) in [7, 11) is -3.49. The highest BCUT2D eigenvalue weighted by molar-refractivity contribution is 7.92. The van der Waals surface area contributed by atoms with Gasteiger partial charge in [0.1, 0.15) is 34.6 Å². The van der Waals surface area contributed by atoms with Gasteiger partial charge in [0, 0.05) is 29.8 Å². The summed E-state index contributed by atoms with van der Waals surface area (Å²) in [6.07, 6.45) is -5.09. The zero-order valence-corrected chi connectivity index (χ0v) is 20.6. The molecule has 4 bridgehead atoms. The fraction of sp³-hybridized carbons (Fsp3) is 0.174. The van der Waals surface area contributed by atoms with Gasteiger partial charge in [-0.3, -0.25) is 9.52 Å². The van der Waals surface area contributed by atoms with Gasteiger partial charge in [-0.1, -0.05) is 11.6 Å². The van der Waals surface area contributed by atoms with Gasteiger partial charge in [-0.15, -0.1) is 13.2 Å². The Morgan fingerprint density at radius 2 is 1.79 bits per heavy atom. The number of hydrogen-bond acceptors (Lipinski definition) is 6. The van der Waals surface area contributed by atoms with Gasteiger partial charge in [0.15, 0.2) is 5.75 Å². The normalized spacial score (nSPS) is 15.4. The fourth-order valence-corrected chi connectivity index (χ4v) is 5.07. The van der Waals surface area contributed by atoms with Crippen LogP contribution < -0.4 is 14.2 Å². The number of halogens is 6. The molecule has 15 heteroatoms. The molecule has 0 unspecified atom stereocenters. The zero-order valence-electron chi connectivity index (χ0n) is 19.1. The number of aromatic hydroxyl groups is 1. The number of fused-ring (bicyclic) bond motifs is 6. The monoisotopic (exact) mass is 578 g/mol. The van der Waals surface area contributed by atoms with Crippen molar-refractivity contribution < 1.29 is 49.7 Å². The second kappa shape index (κ2) is 9.83. The minimum absolute atomic E-state index is 0.116. The number of rotatable bonds is 1. The van der Waals surface area contributed by atoms with Crippen LogP contribution in [0.25, 0.3) is 11.1 Å². The third-order valence-electron chi connectivity index (χ3n) is 5.37. The Labute approximate surface area is 217 Å². The van der Waals surface area contributed by atoms with E-state index in [1.165, 1.54) is 7.05 Å². The van der Waals surface area contributed by atoms with Crippen molar-refractivity contribution in [1.29, 1.82) is 0 Å². The molecule has 0 atom stereocenters. The molecule has 8 nitrogen and oxygen atoms in total. The Bertz CT molecular complexity index is 1550. The maximum atomic E-state index is 14.9. The number of phenolic OH excluding ortho intramolecular Hbond substituents is 1. The molecule has 2 N–H and O–H groups in total. The molecule has 0 aromatic heterocycles. The lowest BCUT2D eigenvalue weighted by atomic mass is 10.0. The SMILES string of the molecule is CN1CCOc2ccc(OC(F)(F)F)cc2-c2cc(c(F)cc2F)NS(=O)(=O)c2cc(cc(Cl)c2O)C1=O. The predicted molar refractivity (Wildman–Crippen MR) is 125 cm³/mol. The number of carbonyl (C=O) groups excluding carboxylic acids is 1. The number of alkyl halides is 3. The van der Waals surface area contributed by atoms with E-state index in [9.17, 15) is 40.3 Å². The van der Waals surface area contributed by atoms with Crippen molar-refractivity contribution in [2.24, 2.45) is 0 Å². The van der Waals surface area contributed by atoms with E-state index in [4.69, 9.17) is 16.3 Å². The van der Waals surface area contributed by atoms with Crippen LogP contribution in [0.5, 0.6) is 17.2 Å². The number of likely N-dealkylation sites (N-methyl/N-ethyl adjacent to an activating group) is 1. The van der Waals surface area contributed by atoms with Gasteiger partial charge >= 0.3 is 6.36 Å². The Morgan fingerprint density at radius 3 is 2.47 bits per heavy atom. The van der Waals surface area contributed by atoms with Gasteiger partial charge in [-0.2, -0.15) is 0 Å². The first-order valence-corrected chi connectivity index (χ1v) is 12.3. The van der Waals surface area contributed by atoms with Gasteiger partial charge in [0.05, 0.1) is 17.3 Å². The molecule has 0 aliphatic carbocycles. The summed E-state index contributed by atoms with van der Waals surface area (Å²) in [5.74, 6) is -5.24. The Kier molecular flexibility index (Phi) is 7.05. The second-order valence-corrected chi connectivity index (χ2v) is 10.1. The van der Waals surface area contributed by atoms with Crippen molar-refractivity contribution in [3.8, 4) is 28.4 Å². The first-order valence-electron chi connectivity index (χ1n) is 10.5. The molecule has 38 heavy (non-hydrogen) atoms. The minimum Gasteiger partial charge on any atom is -0.505 e. The molecule has 1 aliphatic heterocycles. The summed E-state index contributed by atoms with van der Waals surface area (Å²) in [4.78, 5) is 13.1. The third kappa shape index (κ3) is 5.55. The molecule has 0 saturated heterocycles. The van der Waals surface area contributed by atoms with Gasteiger partial charge in [0.25, 0.3) is 15.9 Å². The number of benzene rings is 3. The molecule has 1 amide bonds. The lowest BCUT2D eigenvalue weighted by molar-refractivity contribution is -0.274. The number of carbonyl (C=O) groups is 1. The van der Waals surface area contributed by atoms with Crippen molar-refractivity contribution in [2.45, 2.75) is 11.3 Å². The van der Waals surface area contributed by atoms with Crippen LogP contribution in [0.1, 0.15) is 10.4 Å². The molecule has 0 fully saturated rings. The van der Waals surface area contributed by atoms with E-state index >= 15 is 0 Å². The fourth-order valence-electron chi connectivity index (χ4n) is 3.59. The quantitative estimate of drug-likeness (QED) is 0.387. The van der Waals surface area contributed by atoms with E-state index < -0.39 is 66.6 Å². The molecule has 1 aliphatic rings. The third-order valence-corrected chi connectivity index (χ3v) is 7.04. The number of sulfonamides is 1. The molecule has 3 aromatic rings. The number of anilines is 1. The summed E-state index contributed by atoms with van der Waals surface area (Å²) in [6, 6.07) is 5.58. The first-order chi connectivity index (χ1) is 17.7. The number of ether oxygens (including phenoxy) is 2. The van der Waals surface area contributed by atoms with Gasteiger partial charge in [0.2, 0.25) is 0 Å². The molecule has 1 heterocycles. The number of hydrogen-bond donors (Lipinski definition) is 2. The van der Waals surface area contributed by atoms with Crippen LogP contribution in [0.15, 0.2) is 47.4 Å². The Hall–Kier alpha value is -3.78. The highest BCUT2D eigenvalue weighted by Crippen LogP contribution is 2.40. The minimum atomic E-state index is -5.09. The first kappa shape index (κ1) is 27.3. The smallest absolute Gasteiger partial charge is 0.505 e. The summed E-state index contributed by atoms with van der Waals surface area (Å²) in [6.45, 7) is -0.353. The van der Waals surface area contributed by atoms with E-state index in [1.54, 1.807) is 0 Å². The van der Waals surface area contributed by atoms with Crippen LogP contribution in [-0.2, 0) is 10.0 Å². The number of nitrogens with one attached hydrogen (secondary N) is 1. The Balaban J connectivity index is 1.94. The lowest BCUT2D eigenvalue weighted by Crippen LogP contribution is -2.31. The predicted octanol–water partition coefficient (Wildman–Crippen LogP) is 5.15. The van der Waals surface area contributed by atoms with E-state index in [-0.39, 0.29) is 30.0 Å². The molecular weight excluding hydrogens is 563 g/mol. The van der Waals surface area contributed by atoms with Gasteiger partial charge < -0.3 is 19.5 Å². The van der Waals surface area contributed by atoms with E-state index in [2.05, 4.69) is 4.74 Å². The number of phenols is 1. The summed E-state index contributed by atoms with van der Waals surface area (Å²) < 4.78 is 105. The van der Waals surface area contributed by atoms with Gasteiger partial charge in [-0.05, 0) is 36.4 Å². The van der Waals surface area contributed by atoms with E-state index in [1.807, 2.05) is 4.72 Å². The van der Waals surface area contributed by atoms with E-state index in [0.717, 1.165) is 35.2 Å². The lowest BCUT2D eigenvalue weighted by Gasteiger charge is -2.19. The summed E-state index contributed by atoms with van der Waals surface area (Å²) >= 11 is 5.94.